The summed E-state index contributed by atoms with van der Waals surface area (Å²) in [7, 11) is -1.32. The Balaban J connectivity index is 2.71. The maximum Gasteiger partial charge on any atom is 0.160 e. The van der Waals surface area contributed by atoms with Crippen LogP contribution in [0.3, 0.4) is 0 Å². The summed E-state index contributed by atoms with van der Waals surface area (Å²) in [6, 6.07) is 3.66. The first kappa shape index (κ1) is 15.2. The summed E-state index contributed by atoms with van der Waals surface area (Å²) >= 11 is 0. The third kappa shape index (κ3) is 4.14. The molecule has 2 nitrogen and oxygen atoms in total. The molecule has 1 N–H and O–H groups in total. The number of nitrogens with one attached hydrogen (secondary N) is 1. The summed E-state index contributed by atoms with van der Waals surface area (Å²) < 4.78 is 38.0. The second kappa shape index (κ2) is 6.95. The minimum absolute atomic E-state index is 0.107. The summed E-state index contributed by atoms with van der Waals surface area (Å²) in [5, 5.41) is 3.13. The lowest BCUT2D eigenvalue weighted by Gasteiger charge is -2.17. The van der Waals surface area contributed by atoms with Gasteiger partial charge in [-0.05, 0) is 38.1 Å². The lowest BCUT2D eigenvalue weighted by molar-refractivity contribution is 0.504. The minimum Gasteiger partial charge on any atom is -0.314 e. The van der Waals surface area contributed by atoms with Gasteiger partial charge in [0.2, 0.25) is 0 Å². The summed E-state index contributed by atoms with van der Waals surface area (Å²) in [5.74, 6) is -1.86. The van der Waals surface area contributed by atoms with E-state index in [1.54, 1.807) is 0 Å². The normalized spacial score (nSPS) is 16.3. The first-order valence-corrected chi connectivity index (χ1v) is 7.26. The number of rotatable bonds is 6. The van der Waals surface area contributed by atoms with Crippen LogP contribution in [0.25, 0.3) is 0 Å². The smallest absolute Gasteiger partial charge is 0.160 e. The fraction of sp³-hybridized carbons (Fsp3) is 0.538. The number of halogens is 2. The maximum atomic E-state index is 13.1. The zero-order valence-corrected chi connectivity index (χ0v) is 11.7. The highest BCUT2D eigenvalue weighted by Crippen LogP contribution is 2.17. The molecule has 0 saturated carbocycles. The van der Waals surface area contributed by atoms with Gasteiger partial charge >= 0.3 is 0 Å². The van der Waals surface area contributed by atoms with Crippen molar-refractivity contribution in [2.24, 2.45) is 0 Å². The van der Waals surface area contributed by atoms with Crippen molar-refractivity contribution in [3.05, 3.63) is 29.8 Å². The molecule has 0 bridgehead atoms. The minimum atomic E-state index is -1.32. The van der Waals surface area contributed by atoms with Crippen molar-refractivity contribution < 1.29 is 13.0 Å². The van der Waals surface area contributed by atoms with Crippen LogP contribution in [0.5, 0.6) is 0 Å². The Hall–Kier alpha value is -0.810. The molecule has 0 aromatic heterocycles. The molecule has 1 rings (SSSR count). The molecule has 3 unspecified atom stereocenters. The fourth-order valence-electron chi connectivity index (χ4n) is 1.85. The van der Waals surface area contributed by atoms with Crippen molar-refractivity contribution in [3.63, 3.8) is 0 Å². The fourth-order valence-corrected chi connectivity index (χ4v) is 3.20. The first-order valence-electron chi connectivity index (χ1n) is 6.04. The SMILES string of the molecule is CCNC(C)CC(C)S(=O)c1ccc(F)c(F)c1. The lowest BCUT2D eigenvalue weighted by atomic mass is 10.2. The van der Waals surface area contributed by atoms with Crippen molar-refractivity contribution in [1.29, 1.82) is 0 Å². The number of hydrogen-bond acceptors (Lipinski definition) is 2. The quantitative estimate of drug-likeness (QED) is 0.865. The van der Waals surface area contributed by atoms with E-state index >= 15 is 0 Å². The zero-order valence-electron chi connectivity index (χ0n) is 10.9. The molecular formula is C13H19F2NOS. The highest BCUT2D eigenvalue weighted by Gasteiger charge is 2.17. The standard InChI is InChI=1S/C13H19F2NOS/c1-4-16-9(2)7-10(3)18(17)11-5-6-12(14)13(15)8-11/h5-6,8-10,16H,4,7H2,1-3H3. The molecule has 0 heterocycles. The van der Waals surface area contributed by atoms with Crippen molar-refractivity contribution in [2.75, 3.05) is 6.54 Å². The number of hydrogen-bond donors (Lipinski definition) is 1. The van der Waals surface area contributed by atoms with Gasteiger partial charge in [0.15, 0.2) is 11.6 Å². The molecule has 0 saturated heterocycles. The Morgan fingerprint density at radius 3 is 2.50 bits per heavy atom. The van der Waals surface area contributed by atoms with Gasteiger partial charge in [0.05, 0.1) is 10.8 Å². The van der Waals surface area contributed by atoms with E-state index in [-0.39, 0.29) is 11.3 Å². The average Bonchev–Trinajstić information content (AvgIpc) is 2.32. The molecule has 0 aliphatic heterocycles. The molecule has 1 aromatic rings. The van der Waals surface area contributed by atoms with Crippen LogP contribution in [0, 0.1) is 11.6 Å². The Morgan fingerprint density at radius 1 is 1.28 bits per heavy atom. The van der Waals surface area contributed by atoms with E-state index in [1.807, 2.05) is 20.8 Å². The van der Waals surface area contributed by atoms with Crippen LogP contribution in [0.4, 0.5) is 8.78 Å². The molecule has 0 aliphatic carbocycles. The van der Waals surface area contributed by atoms with Gasteiger partial charge in [0.25, 0.3) is 0 Å². The van der Waals surface area contributed by atoms with Crippen LogP contribution >= 0.6 is 0 Å². The molecule has 0 radical (unpaired) electrons. The second-order valence-corrected chi connectivity index (χ2v) is 6.25. The molecule has 0 spiro atoms. The lowest BCUT2D eigenvalue weighted by Crippen LogP contribution is -2.30. The topological polar surface area (TPSA) is 29.1 Å². The van der Waals surface area contributed by atoms with Crippen LogP contribution in [0.2, 0.25) is 0 Å². The van der Waals surface area contributed by atoms with E-state index in [0.717, 1.165) is 25.1 Å². The number of benzene rings is 1. The van der Waals surface area contributed by atoms with Crippen LogP contribution in [-0.2, 0) is 10.8 Å². The van der Waals surface area contributed by atoms with Gasteiger partial charge in [0.1, 0.15) is 0 Å². The van der Waals surface area contributed by atoms with Crippen LogP contribution in [0.15, 0.2) is 23.1 Å². The van der Waals surface area contributed by atoms with Crippen LogP contribution in [0.1, 0.15) is 27.2 Å². The second-order valence-electron chi connectivity index (χ2n) is 4.38. The third-order valence-electron chi connectivity index (χ3n) is 2.73. The largest absolute Gasteiger partial charge is 0.314 e. The Morgan fingerprint density at radius 2 is 1.94 bits per heavy atom. The highest BCUT2D eigenvalue weighted by atomic mass is 32.2. The van der Waals surface area contributed by atoms with Crippen molar-refractivity contribution in [1.82, 2.24) is 5.32 Å². The van der Waals surface area contributed by atoms with E-state index in [4.69, 9.17) is 0 Å². The van der Waals surface area contributed by atoms with E-state index in [2.05, 4.69) is 5.32 Å². The van der Waals surface area contributed by atoms with Gasteiger partial charge in [-0.15, -0.1) is 0 Å². The van der Waals surface area contributed by atoms with E-state index in [1.165, 1.54) is 6.07 Å². The van der Waals surface area contributed by atoms with E-state index in [9.17, 15) is 13.0 Å². The van der Waals surface area contributed by atoms with E-state index in [0.29, 0.717) is 4.90 Å². The van der Waals surface area contributed by atoms with Crippen molar-refractivity contribution in [2.45, 2.75) is 43.4 Å². The van der Waals surface area contributed by atoms with Gasteiger partial charge in [-0.25, -0.2) is 8.78 Å². The Labute approximate surface area is 109 Å². The summed E-state index contributed by atoms with van der Waals surface area (Å²) in [6.07, 6.45) is 0.722. The van der Waals surface area contributed by atoms with Crippen LogP contribution < -0.4 is 5.32 Å². The molecular weight excluding hydrogens is 256 g/mol. The van der Waals surface area contributed by atoms with Gasteiger partial charge in [0, 0.05) is 16.2 Å². The average molecular weight is 275 g/mol. The van der Waals surface area contributed by atoms with Gasteiger partial charge in [-0.3, -0.25) is 4.21 Å². The molecule has 0 aliphatic rings. The molecule has 18 heavy (non-hydrogen) atoms. The van der Waals surface area contributed by atoms with Crippen molar-refractivity contribution >= 4 is 10.8 Å². The summed E-state index contributed by atoms with van der Waals surface area (Å²) in [6.45, 7) is 6.73. The molecule has 0 amide bonds. The molecule has 0 fully saturated rings. The summed E-state index contributed by atoms with van der Waals surface area (Å²) in [5.41, 5.74) is 0. The first-order chi connectivity index (χ1) is 8.45. The Bertz CT molecular complexity index is 425. The highest BCUT2D eigenvalue weighted by molar-refractivity contribution is 7.85. The van der Waals surface area contributed by atoms with Gasteiger partial charge in [-0.1, -0.05) is 13.8 Å². The maximum absolute atomic E-state index is 13.1. The molecule has 5 heteroatoms. The molecule has 1 aromatic carbocycles. The van der Waals surface area contributed by atoms with Crippen LogP contribution in [-0.4, -0.2) is 22.0 Å². The summed E-state index contributed by atoms with van der Waals surface area (Å²) in [4.78, 5) is 0.338. The van der Waals surface area contributed by atoms with E-state index < -0.39 is 22.4 Å². The van der Waals surface area contributed by atoms with Gasteiger partial charge < -0.3 is 5.32 Å². The zero-order chi connectivity index (χ0) is 13.7. The predicted molar refractivity (Wildman–Crippen MR) is 70.0 cm³/mol. The van der Waals surface area contributed by atoms with Gasteiger partial charge in [-0.2, -0.15) is 0 Å². The Kier molecular flexibility index (Phi) is 5.88. The third-order valence-corrected chi connectivity index (χ3v) is 4.37. The monoisotopic (exact) mass is 275 g/mol. The predicted octanol–water partition coefficient (Wildman–Crippen LogP) is 2.85. The molecule has 102 valence electrons. The molecule has 3 atom stereocenters. The van der Waals surface area contributed by atoms with Crippen molar-refractivity contribution in [3.8, 4) is 0 Å².